The fourth-order valence-electron chi connectivity index (χ4n) is 3.24. The number of aliphatic hydroxyl groups is 2. The summed E-state index contributed by atoms with van der Waals surface area (Å²) in [7, 11) is 0. The second-order valence-corrected chi connectivity index (χ2v) is 5.46. The minimum Gasteiger partial charge on any atom is -0.396 e. The molecule has 3 atom stereocenters. The number of nitrogens with zero attached hydrogens (tertiary/aromatic N) is 1. The Bertz CT molecular complexity index is 210. The van der Waals surface area contributed by atoms with E-state index in [1.54, 1.807) is 0 Å². The van der Waals surface area contributed by atoms with Crippen LogP contribution in [-0.2, 0) is 0 Å². The third kappa shape index (κ3) is 2.96. The Morgan fingerprint density at radius 3 is 2.62 bits per heavy atom. The fourth-order valence-corrected chi connectivity index (χ4v) is 3.24. The Morgan fingerprint density at radius 2 is 1.81 bits per heavy atom. The third-order valence-corrected chi connectivity index (χ3v) is 4.22. The highest BCUT2D eigenvalue weighted by Gasteiger charge is 2.30. The van der Waals surface area contributed by atoms with Gasteiger partial charge in [0, 0.05) is 19.2 Å². The molecule has 1 aliphatic heterocycles. The highest BCUT2D eigenvalue weighted by Crippen LogP contribution is 2.26. The molecule has 0 aromatic heterocycles. The van der Waals surface area contributed by atoms with Gasteiger partial charge in [-0.05, 0) is 38.1 Å². The quantitative estimate of drug-likeness (QED) is 0.701. The third-order valence-electron chi connectivity index (χ3n) is 4.22. The van der Waals surface area contributed by atoms with E-state index in [0.29, 0.717) is 18.6 Å². The minimum atomic E-state index is -0.139. The second kappa shape index (κ2) is 5.99. The SMILES string of the molecule is OCC1CCCN(C2CCCCCC2O)C1. The van der Waals surface area contributed by atoms with Crippen LogP contribution in [0.25, 0.3) is 0 Å². The van der Waals surface area contributed by atoms with E-state index in [-0.39, 0.29) is 6.10 Å². The lowest BCUT2D eigenvalue weighted by atomic mass is 9.94. The van der Waals surface area contributed by atoms with Crippen LogP contribution in [0, 0.1) is 5.92 Å². The van der Waals surface area contributed by atoms with Gasteiger partial charge in [0.15, 0.2) is 0 Å². The Hall–Kier alpha value is -0.120. The van der Waals surface area contributed by atoms with Gasteiger partial charge >= 0.3 is 0 Å². The van der Waals surface area contributed by atoms with E-state index in [1.165, 1.54) is 25.7 Å². The van der Waals surface area contributed by atoms with Crippen molar-refractivity contribution in [1.82, 2.24) is 4.90 Å². The molecular weight excluding hydrogens is 202 g/mol. The summed E-state index contributed by atoms with van der Waals surface area (Å²) in [5.74, 6) is 0.434. The van der Waals surface area contributed by atoms with Crippen molar-refractivity contribution in [3.63, 3.8) is 0 Å². The van der Waals surface area contributed by atoms with Crippen LogP contribution in [0.15, 0.2) is 0 Å². The van der Waals surface area contributed by atoms with Gasteiger partial charge in [0.2, 0.25) is 0 Å². The average molecular weight is 227 g/mol. The summed E-state index contributed by atoms with van der Waals surface area (Å²) < 4.78 is 0. The largest absolute Gasteiger partial charge is 0.396 e. The molecule has 2 N–H and O–H groups in total. The van der Waals surface area contributed by atoms with Crippen LogP contribution in [0.1, 0.15) is 44.9 Å². The molecule has 0 aromatic rings. The summed E-state index contributed by atoms with van der Waals surface area (Å²) in [5, 5.41) is 19.4. The molecule has 3 nitrogen and oxygen atoms in total. The number of piperidine rings is 1. The molecule has 3 unspecified atom stereocenters. The Morgan fingerprint density at radius 1 is 1.00 bits per heavy atom. The molecule has 0 radical (unpaired) electrons. The molecule has 0 amide bonds. The van der Waals surface area contributed by atoms with Crippen molar-refractivity contribution in [3.8, 4) is 0 Å². The maximum absolute atomic E-state index is 10.2. The van der Waals surface area contributed by atoms with Gasteiger partial charge in [0.05, 0.1) is 6.10 Å². The van der Waals surface area contributed by atoms with E-state index in [4.69, 9.17) is 0 Å². The molecular formula is C13H25NO2. The van der Waals surface area contributed by atoms with E-state index in [9.17, 15) is 10.2 Å². The van der Waals surface area contributed by atoms with E-state index in [1.807, 2.05) is 0 Å². The van der Waals surface area contributed by atoms with Crippen molar-refractivity contribution in [2.75, 3.05) is 19.7 Å². The van der Waals surface area contributed by atoms with Crippen LogP contribution < -0.4 is 0 Å². The lowest BCUT2D eigenvalue weighted by molar-refractivity contribution is 0.0119. The van der Waals surface area contributed by atoms with Crippen molar-refractivity contribution >= 4 is 0 Å². The van der Waals surface area contributed by atoms with Crippen molar-refractivity contribution in [1.29, 1.82) is 0 Å². The molecule has 1 heterocycles. The summed E-state index contributed by atoms with van der Waals surface area (Å²) >= 11 is 0. The molecule has 1 aliphatic carbocycles. The van der Waals surface area contributed by atoms with Gasteiger partial charge in [-0.3, -0.25) is 4.90 Å². The summed E-state index contributed by atoms with van der Waals surface area (Å²) in [6.45, 7) is 2.40. The lowest BCUT2D eigenvalue weighted by Gasteiger charge is -2.39. The highest BCUT2D eigenvalue weighted by molar-refractivity contribution is 4.85. The molecule has 94 valence electrons. The van der Waals surface area contributed by atoms with Crippen LogP contribution >= 0.6 is 0 Å². The van der Waals surface area contributed by atoms with Crippen LogP contribution in [0.3, 0.4) is 0 Å². The monoisotopic (exact) mass is 227 g/mol. The Balaban J connectivity index is 1.93. The number of rotatable bonds is 2. The summed E-state index contributed by atoms with van der Waals surface area (Å²) in [5.41, 5.74) is 0. The first-order chi connectivity index (χ1) is 7.81. The standard InChI is InChI=1S/C13H25NO2/c15-10-11-5-4-8-14(9-11)12-6-2-1-3-7-13(12)16/h11-13,15-16H,1-10H2. The van der Waals surface area contributed by atoms with Gasteiger partial charge in [-0.15, -0.1) is 0 Å². The van der Waals surface area contributed by atoms with Crippen molar-refractivity contribution in [2.45, 2.75) is 57.1 Å². The molecule has 0 spiro atoms. The maximum atomic E-state index is 10.2. The van der Waals surface area contributed by atoms with Crippen LogP contribution in [0.2, 0.25) is 0 Å². The van der Waals surface area contributed by atoms with Crippen molar-refractivity contribution in [2.24, 2.45) is 5.92 Å². The van der Waals surface area contributed by atoms with Gasteiger partial charge in [0.25, 0.3) is 0 Å². The molecule has 2 fully saturated rings. The summed E-state index contributed by atoms with van der Waals surface area (Å²) in [6, 6.07) is 0.358. The number of likely N-dealkylation sites (tertiary alicyclic amines) is 1. The number of hydrogen-bond donors (Lipinski definition) is 2. The normalized spacial score (nSPS) is 38.2. The molecule has 2 aliphatic rings. The van der Waals surface area contributed by atoms with Crippen LogP contribution in [0.4, 0.5) is 0 Å². The Labute approximate surface area is 98.5 Å². The first-order valence-electron chi connectivity index (χ1n) is 6.84. The highest BCUT2D eigenvalue weighted by atomic mass is 16.3. The minimum absolute atomic E-state index is 0.139. The summed E-state index contributed by atoms with van der Waals surface area (Å²) in [4.78, 5) is 2.43. The smallest absolute Gasteiger partial charge is 0.0695 e. The fraction of sp³-hybridized carbons (Fsp3) is 1.00. The molecule has 0 bridgehead atoms. The van der Waals surface area contributed by atoms with Gasteiger partial charge in [-0.1, -0.05) is 19.3 Å². The molecule has 1 saturated heterocycles. The van der Waals surface area contributed by atoms with E-state index in [0.717, 1.165) is 32.4 Å². The zero-order valence-electron chi connectivity index (χ0n) is 10.1. The average Bonchev–Trinajstić information content (AvgIpc) is 2.54. The van der Waals surface area contributed by atoms with Gasteiger partial charge in [-0.2, -0.15) is 0 Å². The van der Waals surface area contributed by atoms with Gasteiger partial charge in [-0.25, -0.2) is 0 Å². The van der Waals surface area contributed by atoms with E-state index in [2.05, 4.69) is 4.90 Å². The first kappa shape index (κ1) is 12.3. The van der Waals surface area contributed by atoms with Gasteiger partial charge in [0.1, 0.15) is 0 Å². The van der Waals surface area contributed by atoms with Crippen molar-refractivity contribution in [3.05, 3.63) is 0 Å². The zero-order chi connectivity index (χ0) is 11.4. The second-order valence-electron chi connectivity index (χ2n) is 5.46. The number of hydrogen-bond acceptors (Lipinski definition) is 3. The topological polar surface area (TPSA) is 43.7 Å². The zero-order valence-corrected chi connectivity index (χ0v) is 10.1. The Kier molecular flexibility index (Phi) is 4.62. The van der Waals surface area contributed by atoms with E-state index < -0.39 is 0 Å². The molecule has 16 heavy (non-hydrogen) atoms. The predicted molar refractivity (Wildman–Crippen MR) is 64.3 cm³/mol. The maximum Gasteiger partial charge on any atom is 0.0695 e. The number of aliphatic hydroxyl groups excluding tert-OH is 2. The molecule has 1 saturated carbocycles. The molecule has 3 heteroatoms. The molecule has 2 rings (SSSR count). The molecule has 0 aromatic carbocycles. The lowest BCUT2D eigenvalue weighted by Crippen LogP contribution is -2.48. The predicted octanol–water partition coefficient (Wildman–Crippen LogP) is 1.38. The van der Waals surface area contributed by atoms with Crippen molar-refractivity contribution < 1.29 is 10.2 Å². The van der Waals surface area contributed by atoms with Gasteiger partial charge < -0.3 is 10.2 Å². The first-order valence-corrected chi connectivity index (χ1v) is 6.84. The van der Waals surface area contributed by atoms with Crippen LogP contribution in [-0.4, -0.2) is 47.0 Å². The van der Waals surface area contributed by atoms with Crippen LogP contribution in [0.5, 0.6) is 0 Å². The summed E-state index contributed by atoms with van der Waals surface area (Å²) in [6.07, 6.45) is 7.98. The van der Waals surface area contributed by atoms with E-state index >= 15 is 0 Å².